The lowest BCUT2D eigenvalue weighted by molar-refractivity contribution is 1.28. The zero-order chi connectivity index (χ0) is 40.5. The van der Waals surface area contributed by atoms with E-state index in [4.69, 9.17) is 0 Å². The molecule has 0 aliphatic carbocycles. The minimum Gasteiger partial charge on any atom is -0.310 e. The lowest BCUT2D eigenvalue weighted by Crippen LogP contribution is -2.11. The summed E-state index contributed by atoms with van der Waals surface area (Å²) < 4.78 is 0. The number of anilines is 3. The first-order valence-electron chi connectivity index (χ1n) is 21.0. The first-order chi connectivity index (χ1) is 30.3. The summed E-state index contributed by atoms with van der Waals surface area (Å²) in [5.41, 5.74) is 15.2. The molecule has 0 aliphatic rings. The number of rotatable bonds is 8. The van der Waals surface area contributed by atoms with Crippen molar-refractivity contribution in [3.63, 3.8) is 0 Å². The van der Waals surface area contributed by atoms with E-state index in [1.807, 2.05) is 0 Å². The Morgan fingerprint density at radius 2 is 0.721 bits per heavy atom. The third-order valence-corrected chi connectivity index (χ3v) is 12.1. The molecule has 0 atom stereocenters. The molecule has 11 aromatic carbocycles. The Bertz CT molecular complexity index is 3360. The molecule has 0 unspecified atom stereocenters. The zero-order valence-corrected chi connectivity index (χ0v) is 33.6. The van der Waals surface area contributed by atoms with Gasteiger partial charge < -0.3 is 4.90 Å². The molecule has 0 saturated carbocycles. The van der Waals surface area contributed by atoms with Gasteiger partial charge in [0.15, 0.2) is 0 Å². The van der Waals surface area contributed by atoms with Crippen LogP contribution in [0.2, 0.25) is 0 Å². The summed E-state index contributed by atoms with van der Waals surface area (Å²) in [7, 11) is 0. The molecule has 1 nitrogen and oxygen atoms in total. The summed E-state index contributed by atoms with van der Waals surface area (Å²) in [6, 6.07) is 90.5. The fourth-order valence-corrected chi connectivity index (χ4v) is 9.14. The van der Waals surface area contributed by atoms with Crippen molar-refractivity contribution in [3.05, 3.63) is 249 Å². The van der Waals surface area contributed by atoms with Gasteiger partial charge >= 0.3 is 0 Å². The zero-order valence-electron chi connectivity index (χ0n) is 33.6. The van der Waals surface area contributed by atoms with E-state index in [1.165, 1.54) is 82.4 Å². The van der Waals surface area contributed by atoms with Crippen LogP contribution in [0.25, 0.3) is 88.0 Å². The molecule has 0 bridgehead atoms. The normalized spacial score (nSPS) is 11.3. The topological polar surface area (TPSA) is 3.24 Å². The van der Waals surface area contributed by atoms with Gasteiger partial charge in [-0.1, -0.05) is 206 Å². The van der Waals surface area contributed by atoms with Gasteiger partial charge in [-0.15, -0.1) is 0 Å². The number of hydrogen-bond donors (Lipinski definition) is 0. The second kappa shape index (κ2) is 15.6. The van der Waals surface area contributed by atoms with Crippen LogP contribution in [0.3, 0.4) is 0 Å². The van der Waals surface area contributed by atoms with Crippen molar-refractivity contribution in [1.29, 1.82) is 0 Å². The van der Waals surface area contributed by atoms with Gasteiger partial charge in [0.25, 0.3) is 0 Å². The van der Waals surface area contributed by atoms with E-state index in [9.17, 15) is 0 Å². The predicted octanol–water partition coefficient (Wildman–Crippen LogP) is 17.0. The Morgan fingerprint density at radius 3 is 1.49 bits per heavy atom. The summed E-state index contributed by atoms with van der Waals surface area (Å²) in [6.07, 6.45) is 0. The molecule has 0 amide bonds. The summed E-state index contributed by atoms with van der Waals surface area (Å²) in [4.78, 5) is 2.43. The second-order valence-corrected chi connectivity index (χ2v) is 15.7. The van der Waals surface area contributed by atoms with Gasteiger partial charge in [-0.05, 0) is 125 Å². The maximum Gasteiger partial charge on any atom is 0.0540 e. The van der Waals surface area contributed by atoms with E-state index in [0.717, 1.165) is 22.6 Å². The van der Waals surface area contributed by atoms with Crippen LogP contribution in [-0.4, -0.2) is 0 Å². The second-order valence-electron chi connectivity index (χ2n) is 15.7. The average molecular weight is 776 g/mol. The summed E-state index contributed by atoms with van der Waals surface area (Å²) in [5, 5.41) is 7.52. The highest BCUT2D eigenvalue weighted by Gasteiger charge is 2.21. The largest absolute Gasteiger partial charge is 0.310 e. The lowest BCUT2D eigenvalue weighted by atomic mass is 9.88. The molecule has 0 aromatic heterocycles. The fourth-order valence-electron chi connectivity index (χ4n) is 9.14. The standard InChI is InChI=1S/C60H41N/c1-2-18-43(19-3-1)51-24-8-9-26-53(51)55-28-11-12-29-56(55)58-31-14-15-32-60(58)61(50-23-16-22-46(40-50)47-34-33-42-17-4-5-20-45(42)39-47)49-37-35-44(36-38-49)59-41-48-21-6-7-25-52(48)54-27-10-13-30-57(54)59/h1-41H. The fraction of sp³-hybridized carbons (Fsp3) is 0. The molecule has 286 valence electrons. The van der Waals surface area contributed by atoms with Crippen LogP contribution in [0.4, 0.5) is 17.1 Å². The quantitative estimate of drug-likeness (QED) is 0.139. The average Bonchev–Trinajstić information content (AvgIpc) is 3.34. The smallest absolute Gasteiger partial charge is 0.0540 e. The molecule has 1 heteroatoms. The molecule has 0 fully saturated rings. The van der Waals surface area contributed by atoms with Crippen molar-refractivity contribution in [1.82, 2.24) is 0 Å². The summed E-state index contributed by atoms with van der Waals surface area (Å²) in [6.45, 7) is 0. The summed E-state index contributed by atoms with van der Waals surface area (Å²) in [5.74, 6) is 0. The van der Waals surface area contributed by atoms with E-state index >= 15 is 0 Å². The van der Waals surface area contributed by atoms with Crippen LogP contribution >= 0.6 is 0 Å². The maximum absolute atomic E-state index is 2.43. The number of benzene rings is 11. The van der Waals surface area contributed by atoms with Crippen LogP contribution < -0.4 is 4.90 Å². The lowest BCUT2D eigenvalue weighted by Gasteiger charge is -2.29. The molecular weight excluding hydrogens is 735 g/mol. The van der Waals surface area contributed by atoms with Crippen LogP contribution in [0.15, 0.2) is 249 Å². The van der Waals surface area contributed by atoms with Gasteiger partial charge in [-0.3, -0.25) is 0 Å². The van der Waals surface area contributed by atoms with Crippen LogP contribution in [0, 0.1) is 0 Å². The van der Waals surface area contributed by atoms with Crippen LogP contribution in [0.1, 0.15) is 0 Å². The number of hydrogen-bond acceptors (Lipinski definition) is 1. The van der Waals surface area contributed by atoms with E-state index < -0.39 is 0 Å². The molecule has 61 heavy (non-hydrogen) atoms. The Morgan fingerprint density at radius 1 is 0.213 bits per heavy atom. The van der Waals surface area contributed by atoms with Crippen LogP contribution in [0.5, 0.6) is 0 Å². The minimum atomic E-state index is 1.08. The highest BCUT2D eigenvalue weighted by molar-refractivity contribution is 6.14. The number of para-hydroxylation sites is 1. The minimum absolute atomic E-state index is 1.08. The molecular formula is C60H41N. The first kappa shape index (κ1) is 36.1. The van der Waals surface area contributed by atoms with Crippen LogP contribution in [-0.2, 0) is 0 Å². The SMILES string of the molecule is c1ccc(-c2ccccc2-c2ccccc2-c2ccccc2N(c2ccc(-c3cc4ccccc4c4ccccc34)cc2)c2cccc(-c3ccc4ccccc4c3)c2)cc1. The molecule has 0 aliphatic heterocycles. The first-order valence-corrected chi connectivity index (χ1v) is 21.0. The molecule has 0 saturated heterocycles. The van der Waals surface area contributed by atoms with Crippen molar-refractivity contribution >= 4 is 49.4 Å². The highest BCUT2D eigenvalue weighted by Crippen LogP contribution is 2.46. The van der Waals surface area contributed by atoms with E-state index in [2.05, 4.69) is 254 Å². The van der Waals surface area contributed by atoms with Gasteiger partial charge in [0.05, 0.1) is 5.69 Å². The summed E-state index contributed by atoms with van der Waals surface area (Å²) >= 11 is 0. The van der Waals surface area contributed by atoms with Gasteiger partial charge in [0, 0.05) is 16.9 Å². The molecule has 0 radical (unpaired) electrons. The van der Waals surface area contributed by atoms with Crippen molar-refractivity contribution in [2.24, 2.45) is 0 Å². The Labute approximate surface area is 357 Å². The van der Waals surface area contributed by atoms with Crippen molar-refractivity contribution in [2.75, 3.05) is 4.90 Å². The van der Waals surface area contributed by atoms with Crippen molar-refractivity contribution in [3.8, 4) is 55.6 Å². The van der Waals surface area contributed by atoms with Crippen molar-refractivity contribution in [2.45, 2.75) is 0 Å². The Hall–Kier alpha value is -8.00. The van der Waals surface area contributed by atoms with E-state index in [-0.39, 0.29) is 0 Å². The molecule has 11 rings (SSSR count). The van der Waals surface area contributed by atoms with Gasteiger partial charge in [-0.25, -0.2) is 0 Å². The van der Waals surface area contributed by atoms with Gasteiger partial charge in [-0.2, -0.15) is 0 Å². The third-order valence-electron chi connectivity index (χ3n) is 12.1. The molecule has 0 spiro atoms. The predicted molar refractivity (Wildman–Crippen MR) is 261 cm³/mol. The third kappa shape index (κ3) is 6.73. The van der Waals surface area contributed by atoms with Crippen molar-refractivity contribution < 1.29 is 0 Å². The van der Waals surface area contributed by atoms with E-state index in [0.29, 0.717) is 0 Å². The molecule has 0 heterocycles. The Kier molecular flexibility index (Phi) is 9.26. The highest BCUT2D eigenvalue weighted by atomic mass is 15.1. The Balaban J connectivity index is 1.09. The number of nitrogens with zero attached hydrogens (tertiary/aromatic N) is 1. The number of fused-ring (bicyclic) bond motifs is 4. The molecule has 11 aromatic rings. The molecule has 0 N–H and O–H groups in total. The monoisotopic (exact) mass is 775 g/mol. The maximum atomic E-state index is 2.43. The van der Waals surface area contributed by atoms with E-state index in [1.54, 1.807) is 0 Å². The van der Waals surface area contributed by atoms with Gasteiger partial charge in [0.1, 0.15) is 0 Å². The van der Waals surface area contributed by atoms with Gasteiger partial charge in [0.2, 0.25) is 0 Å².